The fraction of sp³-hybridized carbons (Fsp3) is 0.500. The molecule has 1 aromatic rings. The number of benzene rings is 1. The molecule has 0 aromatic heterocycles. The number of carbonyl (C=O) groups is 1. The third-order valence-corrected chi connectivity index (χ3v) is 3.50. The van der Waals surface area contributed by atoms with E-state index in [4.69, 9.17) is 5.73 Å². The van der Waals surface area contributed by atoms with Gasteiger partial charge in [0.2, 0.25) is 0 Å². The summed E-state index contributed by atoms with van der Waals surface area (Å²) in [4.78, 5) is 11.7. The van der Waals surface area contributed by atoms with E-state index in [1.807, 2.05) is 13.8 Å². The van der Waals surface area contributed by atoms with Crippen LogP contribution in [0.2, 0.25) is 0 Å². The Morgan fingerprint density at radius 1 is 1.33 bits per heavy atom. The molecule has 0 aliphatic carbocycles. The minimum atomic E-state index is -1.28. The zero-order chi connectivity index (χ0) is 13.9. The van der Waals surface area contributed by atoms with Crippen LogP contribution in [0.25, 0.3) is 0 Å². The molecular weight excluding hydrogens is 230 g/mol. The van der Waals surface area contributed by atoms with Gasteiger partial charge >= 0.3 is 5.97 Å². The van der Waals surface area contributed by atoms with Crippen molar-refractivity contribution in [1.82, 2.24) is 0 Å². The van der Waals surface area contributed by atoms with Gasteiger partial charge in [0.25, 0.3) is 0 Å². The molecule has 4 nitrogen and oxygen atoms in total. The van der Waals surface area contributed by atoms with Crippen LogP contribution in [0.3, 0.4) is 0 Å². The second kappa shape index (κ2) is 5.40. The molecule has 2 unspecified atom stereocenters. The van der Waals surface area contributed by atoms with Crippen molar-refractivity contribution < 1.29 is 15.0 Å². The van der Waals surface area contributed by atoms with Gasteiger partial charge in [0, 0.05) is 5.69 Å². The first-order valence-electron chi connectivity index (χ1n) is 6.13. The summed E-state index contributed by atoms with van der Waals surface area (Å²) >= 11 is 0. The molecule has 0 aliphatic rings. The number of aliphatic carboxylic acids is 1. The minimum absolute atomic E-state index is 0.140. The van der Waals surface area contributed by atoms with Crippen molar-refractivity contribution in [2.75, 3.05) is 5.73 Å². The van der Waals surface area contributed by atoms with Gasteiger partial charge in [-0.3, -0.25) is 4.79 Å². The Balaban J connectivity index is 3.36. The lowest BCUT2D eigenvalue weighted by Crippen LogP contribution is -2.48. The summed E-state index contributed by atoms with van der Waals surface area (Å²) < 4.78 is 0. The molecule has 4 heteroatoms. The molecule has 0 saturated carbocycles. The molecule has 4 N–H and O–H groups in total. The number of anilines is 1. The molecule has 0 spiro atoms. The molecular formula is C14H21NO3. The van der Waals surface area contributed by atoms with E-state index in [0.29, 0.717) is 17.7 Å². The Morgan fingerprint density at radius 2 is 1.83 bits per heavy atom. The smallest absolute Gasteiger partial charge is 0.316 e. The van der Waals surface area contributed by atoms with Gasteiger partial charge in [0.15, 0.2) is 0 Å². The minimum Gasteiger partial charge on any atom is -0.481 e. The first-order chi connectivity index (χ1) is 8.36. The summed E-state index contributed by atoms with van der Waals surface area (Å²) in [5.74, 6) is -1.14. The van der Waals surface area contributed by atoms with Crippen molar-refractivity contribution >= 4 is 11.7 Å². The lowest BCUT2D eigenvalue weighted by atomic mass is 9.70. The quantitative estimate of drug-likeness (QED) is 0.699. The van der Waals surface area contributed by atoms with Crippen LogP contribution in [-0.4, -0.2) is 22.3 Å². The maximum absolute atomic E-state index is 11.7. The number of nitrogen functional groups attached to an aromatic ring is 1. The number of hydrogen-bond donors (Lipinski definition) is 3. The number of nitrogens with two attached hydrogens (primary N) is 1. The van der Waals surface area contributed by atoms with E-state index in [1.54, 1.807) is 31.2 Å². The lowest BCUT2D eigenvalue weighted by molar-refractivity contribution is -0.150. The Morgan fingerprint density at radius 3 is 2.17 bits per heavy atom. The van der Waals surface area contributed by atoms with Crippen molar-refractivity contribution in [2.45, 2.75) is 38.7 Å². The average molecular weight is 251 g/mol. The van der Waals surface area contributed by atoms with E-state index < -0.39 is 17.5 Å². The van der Waals surface area contributed by atoms with Gasteiger partial charge in [0.05, 0.1) is 6.10 Å². The van der Waals surface area contributed by atoms with Crippen LogP contribution in [-0.2, 0) is 10.2 Å². The Kier molecular flexibility index (Phi) is 4.35. The van der Waals surface area contributed by atoms with Gasteiger partial charge in [-0.05, 0) is 30.0 Å². The predicted octanol–water partition coefficient (Wildman–Crippen LogP) is 2.02. The van der Waals surface area contributed by atoms with Gasteiger partial charge in [0.1, 0.15) is 5.41 Å². The summed E-state index contributed by atoms with van der Waals surface area (Å²) in [5.41, 5.74) is 5.51. The van der Waals surface area contributed by atoms with Gasteiger partial charge in [-0.1, -0.05) is 32.9 Å². The van der Waals surface area contributed by atoms with E-state index in [0.717, 1.165) is 0 Å². The molecule has 2 atom stereocenters. The van der Waals surface area contributed by atoms with Crippen molar-refractivity contribution in [3.63, 3.8) is 0 Å². The van der Waals surface area contributed by atoms with Gasteiger partial charge in [-0.2, -0.15) is 0 Å². The molecule has 0 saturated heterocycles. The summed E-state index contributed by atoms with van der Waals surface area (Å²) in [6.45, 7) is 5.40. The molecule has 0 amide bonds. The first-order valence-corrected chi connectivity index (χ1v) is 6.13. The van der Waals surface area contributed by atoms with Crippen LogP contribution < -0.4 is 5.73 Å². The van der Waals surface area contributed by atoms with Crippen molar-refractivity contribution in [3.05, 3.63) is 29.8 Å². The third-order valence-electron chi connectivity index (χ3n) is 3.50. The normalized spacial score (nSPS) is 16.3. The summed E-state index contributed by atoms with van der Waals surface area (Å²) in [6, 6.07) is 6.68. The fourth-order valence-corrected chi connectivity index (χ4v) is 2.33. The standard InChI is InChI=1S/C14H21NO3/c1-4-14(13(17)18,12(16)9(2)3)10-5-7-11(15)8-6-10/h5-9,12,16H,4,15H2,1-3H3,(H,17,18). The highest BCUT2D eigenvalue weighted by Gasteiger charge is 2.46. The van der Waals surface area contributed by atoms with Gasteiger partial charge in [-0.15, -0.1) is 0 Å². The Bertz CT molecular complexity index is 414. The van der Waals surface area contributed by atoms with Crippen LogP contribution in [0, 0.1) is 5.92 Å². The molecule has 0 bridgehead atoms. The zero-order valence-electron chi connectivity index (χ0n) is 11.1. The number of hydrogen-bond acceptors (Lipinski definition) is 3. The number of aliphatic hydroxyl groups excluding tert-OH is 1. The second-order valence-corrected chi connectivity index (χ2v) is 4.94. The monoisotopic (exact) mass is 251 g/mol. The predicted molar refractivity (Wildman–Crippen MR) is 71.3 cm³/mol. The van der Waals surface area contributed by atoms with Crippen molar-refractivity contribution in [2.24, 2.45) is 5.92 Å². The van der Waals surface area contributed by atoms with Crippen LogP contribution in [0.5, 0.6) is 0 Å². The summed E-state index contributed by atoms with van der Waals surface area (Å²) in [5, 5.41) is 19.9. The summed E-state index contributed by atoms with van der Waals surface area (Å²) in [6.07, 6.45) is -0.616. The van der Waals surface area contributed by atoms with Crippen LogP contribution in [0.15, 0.2) is 24.3 Å². The number of aliphatic hydroxyl groups is 1. The number of rotatable bonds is 5. The highest BCUT2D eigenvalue weighted by molar-refractivity contribution is 5.82. The van der Waals surface area contributed by atoms with Gasteiger partial charge < -0.3 is 15.9 Å². The van der Waals surface area contributed by atoms with E-state index in [-0.39, 0.29) is 5.92 Å². The largest absolute Gasteiger partial charge is 0.481 e. The van der Waals surface area contributed by atoms with Crippen LogP contribution in [0.4, 0.5) is 5.69 Å². The third kappa shape index (κ3) is 2.34. The molecule has 0 fully saturated rings. The molecule has 0 aliphatic heterocycles. The van der Waals surface area contributed by atoms with E-state index in [2.05, 4.69) is 0 Å². The summed E-state index contributed by atoms with van der Waals surface area (Å²) in [7, 11) is 0. The lowest BCUT2D eigenvalue weighted by Gasteiger charge is -2.36. The number of carboxylic acids is 1. The maximum Gasteiger partial charge on any atom is 0.316 e. The second-order valence-electron chi connectivity index (χ2n) is 4.94. The molecule has 1 aromatic carbocycles. The molecule has 100 valence electrons. The maximum atomic E-state index is 11.7. The molecule has 18 heavy (non-hydrogen) atoms. The first kappa shape index (κ1) is 14.5. The van der Waals surface area contributed by atoms with E-state index in [9.17, 15) is 15.0 Å². The van der Waals surface area contributed by atoms with Crippen molar-refractivity contribution in [3.8, 4) is 0 Å². The molecule has 1 rings (SSSR count). The molecule has 0 heterocycles. The number of carboxylic acid groups (broad SMARTS) is 1. The fourth-order valence-electron chi connectivity index (χ4n) is 2.33. The zero-order valence-corrected chi connectivity index (χ0v) is 11.1. The Hall–Kier alpha value is -1.55. The highest BCUT2D eigenvalue weighted by Crippen LogP contribution is 2.35. The molecule has 0 radical (unpaired) electrons. The van der Waals surface area contributed by atoms with Crippen LogP contribution >= 0.6 is 0 Å². The average Bonchev–Trinajstić information content (AvgIpc) is 2.32. The SMILES string of the molecule is CCC(C(=O)O)(c1ccc(N)cc1)C(O)C(C)C. The van der Waals surface area contributed by atoms with Crippen molar-refractivity contribution in [1.29, 1.82) is 0 Å². The topological polar surface area (TPSA) is 83.5 Å². The van der Waals surface area contributed by atoms with E-state index in [1.165, 1.54) is 0 Å². The Labute approximate surface area is 107 Å². The highest BCUT2D eigenvalue weighted by atomic mass is 16.4. The van der Waals surface area contributed by atoms with Crippen LogP contribution in [0.1, 0.15) is 32.8 Å². The van der Waals surface area contributed by atoms with E-state index >= 15 is 0 Å². The van der Waals surface area contributed by atoms with Gasteiger partial charge in [-0.25, -0.2) is 0 Å².